The standard InChI is InChI=1S/C12H16N2O3/c1-8(15)7-17-10-4-2-9(3-5-10)6-11(13)12(14)16/h2-5,11H,6-7,13H2,1H3,(H2,14,16). The molecule has 1 aromatic rings. The minimum absolute atomic E-state index is 0.0372. The van der Waals surface area contributed by atoms with Crippen molar-refractivity contribution in [3.8, 4) is 5.75 Å². The zero-order chi connectivity index (χ0) is 12.8. The van der Waals surface area contributed by atoms with Crippen molar-refractivity contribution in [2.45, 2.75) is 19.4 Å². The van der Waals surface area contributed by atoms with Gasteiger partial charge in [0.15, 0.2) is 5.78 Å². The fourth-order valence-corrected chi connectivity index (χ4v) is 1.26. The molecule has 1 aromatic carbocycles. The van der Waals surface area contributed by atoms with Gasteiger partial charge in [-0.25, -0.2) is 0 Å². The van der Waals surface area contributed by atoms with Gasteiger partial charge in [0.25, 0.3) is 0 Å². The van der Waals surface area contributed by atoms with Gasteiger partial charge in [-0.1, -0.05) is 12.1 Å². The molecular weight excluding hydrogens is 220 g/mol. The largest absolute Gasteiger partial charge is 0.486 e. The van der Waals surface area contributed by atoms with E-state index in [2.05, 4.69) is 0 Å². The van der Waals surface area contributed by atoms with Crippen LogP contribution in [0.2, 0.25) is 0 Å². The quantitative estimate of drug-likeness (QED) is 0.727. The third-order valence-electron chi connectivity index (χ3n) is 2.19. The highest BCUT2D eigenvalue weighted by Crippen LogP contribution is 2.13. The van der Waals surface area contributed by atoms with Gasteiger partial charge in [-0.3, -0.25) is 9.59 Å². The van der Waals surface area contributed by atoms with E-state index < -0.39 is 11.9 Å². The lowest BCUT2D eigenvalue weighted by Crippen LogP contribution is -2.38. The van der Waals surface area contributed by atoms with Crippen LogP contribution in [0.4, 0.5) is 0 Å². The molecule has 1 rings (SSSR count). The maximum Gasteiger partial charge on any atom is 0.234 e. The Hall–Kier alpha value is -1.88. The zero-order valence-electron chi connectivity index (χ0n) is 9.68. The van der Waals surface area contributed by atoms with Crippen molar-refractivity contribution in [1.82, 2.24) is 0 Å². The Morgan fingerprint density at radius 3 is 2.35 bits per heavy atom. The number of carbonyl (C=O) groups is 2. The van der Waals surface area contributed by atoms with Gasteiger partial charge in [0.1, 0.15) is 12.4 Å². The summed E-state index contributed by atoms with van der Waals surface area (Å²) < 4.78 is 5.20. The van der Waals surface area contributed by atoms with Gasteiger partial charge in [-0.2, -0.15) is 0 Å². The maximum atomic E-state index is 10.8. The summed E-state index contributed by atoms with van der Waals surface area (Å²) in [6.07, 6.45) is 0.391. The molecule has 0 spiro atoms. The summed E-state index contributed by atoms with van der Waals surface area (Å²) in [6, 6.07) is 6.35. The predicted molar refractivity (Wildman–Crippen MR) is 63.5 cm³/mol. The number of primary amides is 1. The number of benzene rings is 1. The Morgan fingerprint density at radius 1 is 1.29 bits per heavy atom. The number of carbonyl (C=O) groups excluding carboxylic acids is 2. The van der Waals surface area contributed by atoms with E-state index in [1.54, 1.807) is 24.3 Å². The van der Waals surface area contributed by atoms with E-state index in [1.165, 1.54) is 6.92 Å². The fourth-order valence-electron chi connectivity index (χ4n) is 1.26. The number of amides is 1. The first-order valence-electron chi connectivity index (χ1n) is 5.25. The van der Waals surface area contributed by atoms with Crippen LogP contribution in [0.5, 0.6) is 5.75 Å². The molecule has 0 aromatic heterocycles. The number of Topliss-reactive ketones (excluding diaryl/α,β-unsaturated/α-hetero) is 1. The lowest BCUT2D eigenvalue weighted by molar-refractivity contribution is -0.119. The highest BCUT2D eigenvalue weighted by Gasteiger charge is 2.09. The molecule has 1 atom stereocenters. The third kappa shape index (κ3) is 4.65. The predicted octanol–water partition coefficient (Wildman–Crippen LogP) is 0.00950. The van der Waals surface area contributed by atoms with Crippen molar-refractivity contribution in [3.63, 3.8) is 0 Å². The van der Waals surface area contributed by atoms with Crippen molar-refractivity contribution in [3.05, 3.63) is 29.8 Å². The lowest BCUT2D eigenvalue weighted by Gasteiger charge is -2.08. The summed E-state index contributed by atoms with van der Waals surface area (Å²) in [6.45, 7) is 1.51. The van der Waals surface area contributed by atoms with Crippen molar-refractivity contribution < 1.29 is 14.3 Å². The molecule has 0 aliphatic rings. The normalized spacial score (nSPS) is 11.9. The maximum absolute atomic E-state index is 10.8. The van der Waals surface area contributed by atoms with Gasteiger partial charge in [-0.15, -0.1) is 0 Å². The van der Waals surface area contributed by atoms with E-state index in [-0.39, 0.29) is 12.4 Å². The van der Waals surface area contributed by atoms with E-state index in [0.29, 0.717) is 12.2 Å². The monoisotopic (exact) mass is 236 g/mol. The average Bonchev–Trinajstić information content (AvgIpc) is 2.28. The molecule has 0 radical (unpaired) electrons. The van der Waals surface area contributed by atoms with Gasteiger partial charge in [0.05, 0.1) is 6.04 Å². The highest BCUT2D eigenvalue weighted by molar-refractivity contribution is 5.79. The van der Waals surface area contributed by atoms with Crippen LogP contribution in [0.15, 0.2) is 24.3 Å². The summed E-state index contributed by atoms with van der Waals surface area (Å²) in [5, 5.41) is 0. The van der Waals surface area contributed by atoms with Gasteiger partial charge in [0, 0.05) is 0 Å². The van der Waals surface area contributed by atoms with Crippen LogP contribution in [0, 0.1) is 0 Å². The minimum atomic E-state index is -0.681. The Kier molecular flexibility index (Phi) is 4.66. The molecule has 1 unspecified atom stereocenters. The average molecular weight is 236 g/mol. The van der Waals surface area contributed by atoms with E-state index in [1.807, 2.05) is 0 Å². The highest BCUT2D eigenvalue weighted by atomic mass is 16.5. The number of ether oxygens (including phenoxy) is 1. The number of hydrogen-bond acceptors (Lipinski definition) is 4. The first-order valence-corrected chi connectivity index (χ1v) is 5.25. The molecule has 0 bridgehead atoms. The van der Waals surface area contributed by atoms with Crippen LogP contribution >= 0.6 is 0 Å². The second-order valence-corrected chi connectivity index (χ2v) is 3.85. The summed E-state index contributed by atoms with van der Waals surface area (Å²) in [4.78, 5) is 21.5. The molecule has 5 heteroatoms. The molecule has 0 saturated heterocycles. The van der Waals surface area contributed by atoms with Crippen molar-refractivity contribution in [1.29, 1.82) is 0 Å². The molecular formula is C12H16N2O3. The third-order valence-corrected chi connectivity index (χ3v) is 2.19. The van der Waals surface area contributed by atoms with E-state index in [0.717, 1.165) is 5.56 Å². The first-order chi connectivity index (χ1) is 7.99. The Morgan fingerprint density at radius 2 is 1.88 bits per heavy atom. The van der Waals surface area contributed by atoms with E-state index >= 15 is 0 Å². The van der Waals surface area contributed by atoms with Gasteiger partial charge < -0.3 is 16.2 Å². The number of ketones is 1. The van der Waals surface area contributed by atoms with Crippen LogP contribution in [0.25, 0.3) is 0 Å². The molecule has 0 saturated carbocycles. The van der Waals surface area contributed by atoms with Gasteiger partial charge in [-0.05, 0) is 31.0 Å². The summed E-state index contributed by atoms with van der Waals surface area (Å²) in [5.41, 5.74) is 11.5. The summed E-state index contributed by atoms with van der Waals surface area (Å²) >= 11 is 0. The molecule has 5 nitrogen and oxygen atoms in total. The first kappa shape index (κ1) is 13.2. The van der Waals surface area contributed by atoms with Crippen LogP contribution < -0.4 is 16.2 Å². The van der Waals surface area contributed by atoms with Gasteiger partial charge >= 0.3 is 0 Å². The zero-order valence-corrected chi connectivity index (χ0v) is 9.68. The van der Waals surface area contributed by atoms with Crippen molar-refractivity contribution >= 4 is 11.7 Å². The van der Waals surface area contributed by atoms with E-state index in [9.17, 15) is 9.59 Å². The SMILES string of the molecule is CC(=O)COc1ccc(CC(N)C(N)=O)cc1. The van der Waals surface area contributed by atoms with Crippen molar-refractivity contribution in [2.75, 3.05) is 6.61 Å². The summed E-state index contributed by atoms with van der Waals surface area (Å²) in [5.74, 6) is 0.0447. The number of rotatable bonds is 6. The van der Waals surface area contributed by atoms with Crippen LogP contribution in [0.3, 0.4) is 0 Å². The van der Waals surface area contributed by atoms with Crippen molar-refractivity contribution in [2.24, 2.45) is 11.5 Å². The Bertz CT molecular complexity index is 401. The lowest BCUT2D eigenvalue weighted by atomic mass is 10.1. The molecule has 4 N–H and O–H groups in total. The molecule has 0 aliphatic carbocycles. The number of nitrogens with two attached hydrogens (primary N) is 2. The minimum Gasteiger partial charge on any atom is -0.486 e. The second-order valence-electron chi connectivity index (χ2n) is 3.85. The van der Waals surface area contributed by atoms with Gasteiger partial charge in [0.2, 0.25) is 5.91 Å². The summed E-state index contributed by atoms with van der Waals surface area (Å²) in [7, 11) is 0. The molecule has 92 valence electrons. The second kappa shape index (κ2) is 6.00. The smallest absolute Gasteiger partial charge is 0.234 e. The Balaban J connectivity index is 2.55. The van der Waals surface area contributed by atoms with Crippen LogP contribution in [0.1, 0.15) is 12.5 Å². The number of hydrogen-bond donors (Lipinski definition) is 2. The topological polar surface area (TPSA) is 95.4 Å². The van der Waals surface area contributed by atoms with E-state index in [4.69, 9.17) is 16.2 Å². The molecule has 17 heavy (non-hydrogen) atoms. The Labute approximate surface area is 99.7 Å². The molecule has 0 fully saturated rings. The fraction of sp³-hybridized carbons (Fsp3) is 0.333. The molecule has 1 amide bonds. The molecule has 0 heterocycles. The molecule has 0 aliphatic heterocycles. The van der Waals surface area contributed by atoms with Crippen LogP contribution in [-0.4, -0.2) is 24.3 Å². The van der Waals surface area contributed by atoms with Crippen LogP contribution in [-0.2, 0) is 16.0 Å².